The van der Waals surface area contributed by atoms with Crippen molar-refractivity contribution in [1.29, 1.82) is 0 Å². The van der Waals surface area contributed by atoms with Gasteiger partial charge in [0.15, 0.2) is 0 Å². The highest BCUT2D eigenvalue weighted by molar-refractivity contribution is 6.31. The number of hydrogen-bond acceptors (Lipinski definition) is 24. The third-order valence-electron chi connectivity index (χ3n) is 21.3. The first kappa shape index (κ1) is 84.2. The van der Waals surface area contributed by atoms with E-state index in [1.165, 1.54) is 16.7 Å². The molecule has 34 heteroatoms. The van der Waals surface area contributed by atoms with Gasteiger partial charge < -0.3 is 66.3 Å². The van der Waals surface area contributed by atoms with Crippen LogP contribution in [0, 0.1) is 0 Å². The maximum atomic E-state index is 13.3. The predicted molar refractivity (Wildman–Crippen MR) is 415 cm³/mol. The van der Waals surface area contributed by atoms with Crippen molar-refractivity contribution in [2.24, 2.45) is 47.8 Å². The molecule has 12 aliphatic heterocycles. The molecule has 109 heavy (non-hydrogen) atoms. The zero-order valence-electron chi connectivity index (χ0n) is 62.4. The maximum absolute atomic E-state index is 13.3. The molecule has 28 nitrogen and oxygen atoms in total. The summed E-state index contributed by atoms with van der Waals surface area (Å²) < 4.78 is 58.4. The van der Waals surface area contributed by atoms with Gasteiger partial charge in [0.2, 0.25) is 0 Å². The fourth-order valence-electron chi connectivity index (χ4n) is 15.8. The summed E-state index contributed by atoms with van der Waals surface area (Å²) >= 11 is 18.2. The molecule has 15 rings (SSSR count). The predicted octanol–water partition coefficient (Wildman–Crippen LogP) is 6.23. The van der Waals surface area contributed by atoms with E-state index in [2.05, 4.69) is 94.1 Å². The SMILES string of the molecule is CC(=O)O.CC(=O)O.CC(=O)O.NC1=NN=C(N2CCC(N3C[C@H](C(=O)N4CC(F)C4)OC[C@@H]3Cc3ccc(Cl)cc3)CC2)C1.NC1=NN=C(N2CCC(N3C[C@H](CN4CC(F)C4)OC[C@@H]3Cc3ccc(Cl)cc3)CC2)C1.NC1=NN=C(N2CCC(N3C[C@H](CN4CC(F)C4)OC[C@@H]3Cc3ccc(Cl)cc3)CC2)C1. The van der Waals surface area contributed by atoms with E-state index in [1.54, 1.807) is 4.90 Å². The average molecular weight is 1580 g/mol. The Bertz CT molecular complexity index is 3480. The molecule has 12 aliphatic rings. The number of ether oxygens (including phenoxy) is 3. The van der Waals surface area contributed by atoms with Gasteiger partial charge in [-0.15, -0.1) is 30.6 Å². The molecular weight excluding hydrogens is 1480 g/mol. The van der Waals surface area contributed by atoms with Gasteiger partial charge in [-0.3, -0.25) is 43.7 Å². The lowest BCUT2D eigenvalue weighted by molar-refractivity contribution is -0.162. The van der Waals surface area contributed by atoms with Gasteiger partial charge in [-0.05, 0) is 111 Å². The average Bonchev–Trinajstić information content (AvgIpc) is 1.80. The Morgan fingerprint density at radius 1 is 0.422 bits per heavy atom. The van der Waals surface area contributed by atoms with Crippen molar-refractivity contribution in [3.05, 3.63) is 105 Å². The second kappa shape index (κ2) is 40.8. The number of likely N-dealkylation sites (tertiary alicyclic amines) is 6. The van der Waals surface area contributed by atoms with Crippen molar-refractivity contribution in [2.45, 2.75) is 171 Å². The molecule has 3 aromatic rings. The molecule has 0 saturated carbocycles. The largest absolute Gasteiger partial charge is 0.481 e. The number of carbonyl (C=O) groups excluding carboxylic acids is 1. The molecule has 9 saturated heterocycles. The Morgan fingerprint density at radius 2 is 0.697 bits per heavy atom. The number of halogens is 6. The Hall–Kier alpha value is -7.30. The second-order valence-corrected chi connectivity index (χ2v) is 31.1. The lowest BCUT2D eigenvalue weighted by Crippen LogP contribution is -2.62. The Morgan fingerprint density at radius 3 is 0.963 bits per heavy atom. The van der Waals surface area contributed by atoms with Gasteiger partial charge in [0.1, 0.15) is 59.6 Å². The highest BCUT2D eigenvalue weighted by atomic mass is 35.5. The number of nitrogens with zero attached hydrogens (tertiary/aromatic N) is 15. The van der Waals surface area contributed by atoms with Crippen molar-refractivity contribution >= 4 is 93.6 Å². The van der Waals surface area contributed by atoms with E-state index in [4.69, 9.17) is 95.9 Å². The van der Waals surface area contributed by atoms with Crippen LogP contribution in [0.5, 0.6) is 0 Å². The van der Waals surface area contributed by atoms with Gasteiger partial charge >= 0.3 is 0 Å². The Labute approximate surface area is 650 Å². The van der Waals surface area contributed by atoms with Crippen LogP contribution in [0.15, 0.2) is 103 Å². The number of aliphatic carboxylic acids is 3. The molecule has 9 N–H and O–H groups in total. The van der Waals surface area contributed by atoms with Crippen molar-refractivity contribution < 1.29 is 61.9 Å². The number of amides is 1. The minimum atomic E-state index is -0.910. The summed E-state index contributed by atoms with van der Waals surface area (Å²) in [5.74, 6) is 2.10. The first-order valence-electron chi connectivity index (χ1n) is 37.7. The van der Waals surface area contributed by atoms with Gasteiger partial charge in [-0.1, -0.05) is 71.2 Å². The zero-order valence-corrected chi connectivity index (χ0v) is 64.7. The van der Waals surface area contributed by atoms with E-state index in [-0.39, 0.29) is 37.2 Å². The third kappa shape index (κ3) is 25.9. The van der Waals surface area contributed by atoms with Crippen molar-refractivity contribution in [3.63, 3.8) is 0 Å². The molecule has 0 aliphatic carbocycles. The topological polar surface area (TPSA) is 338 Å². The molecule has 12 heterocycles. The molecule has 0 aromatic heterocycles. The van der Waals surface area contributed by atoms with E-state index in [0.29, 0.717) is 125 Å². The summed E-state index contributed by atoms with van der Waals surface area (Å²) in [6, 6.07) is 26.3. The number of morpholine rings is 3. The maximum Gasteiger partial charge on any atom is 0.300 e. The van der Waals surface area contributed by atoms with Crippen LogP contribution in [-0.2, 0) is 52.7 Å². The van der Waals surface area contributed by atoms with Crippen LogP contribution in [0.2, 0.25) is 15.1 Å². The fraction of sp³-hybridized carbons (Fsp3) is 0.627. The van der Waals surface area contributed by atoms with Crippen LogP contribution >= 0.6 is 34.8 Å². The number of carboxylic acids is 3. The molecule has 598 valence electrons. The molecule has 0 radical (unpaired) electrons. The standard InChI is InChI=1S/C23H30ClFN6O2.2C23H32ClFN6O.3C2H4O2/c24-16-3-1-15(2-4-16)9-19-14-33-20(23(32)30-11-17(25)12-30)13-31(19)18-5-7-29(8-6-18)22-10-21(26)27-28-22;2*24-17-3-1-16(2-4-17)9-20-15-32-21(13-29-11-18(25)12-29)14-31(20)19-5-7-30(8-6-19)23-10-22(26)27-28-23;3*1-2(3)4/h1-4,17-20H,5-14H2,(H2,26,27);2*1-4,18-21H,5-15H2,(H2,26,27);3*1H3,(H,3,4)/t19-,20+;2*20-,21-;;;/m000.../s1. The van der Waals surface area contributed by atoms with Crippen LogP contribution in [-0.4, -0.2) is 322 Å². The molecule has 0 spiro atoms. The molecular formula is C75H106Cl3F3N18O10. The van der Waals surface area contributed by atoms with E-state index in [9.17, 15) is 18.0 Å². The first-order valence-corrected chi connectivity index (χ1v) is 38.9. The van der Waals surface area contributed by atoms with Crippen LogP contribution in [0.4, 0.5) is 13.2 Å². The fourth-order valence-corrected chi connectivity index (χ4v) is 16.2. The van der Waals surface area contributed by atoms with E-state index in [0.717, 1.165) is 172 Å². The quantitative estimate of drug-likeness (QED) is 0.104. The third-order valence-corrected chi connectivity index (χ3v) is 22.0. The summed E-state index contributed by atoms with van der Waals surface area (Å²) in [7, 11) is 0. The molecule has 9 fully saturated rings. The number of amidine groups is 6. The number of piperidine rings is 3. The number of benzene rings is 3. The number of carbonyl (C=O) groups is 4. The monoisotopic (exact) mass is 1580 g/mol. The minimum Gasteiger partial charge on any atom is -0.481 e. The number of carboxylic acid groups (broad SMARTS) is 3. The lowest BCUT2D eigenvalue weighted by atomic mass is 9.95. The van der Waals surface area contributed by atoms with E-state index >= 15 is 0 Å². The van der Waals surface area contributed by atoms with E-state index in [1.807, 2.05) is 48.5 Å². The van der Waals surface area contributed by atoms with Crippen LogP contribution in [0.25, 0.3) is 0 Å². The van der Waals surface area contributed by atoms with Gasteiger partial charge in [-0.2, -0.15) is 0 Å². The molecule has 1 amide bonds. The van der Waals surface area contributed by atoms with Gasteiger partial charge in [-0.25, -0.2) is 13.2 Å². The van der Waals surface area contributed by atoms with Gasteiger partial charge in [0.25, 0.3) is 23.8 Å². The number of hydrogen-bond donors (Lipinski definition) is 6. The van der Waals surface area contributed by atoms with Gasteiger partial charge in [0, 0.05) is 170 Å². The summed E-state index contributed by atoms with van der Waals surface area (Å²) in [4.78, 5) is 60.4. The molecule has 0 bridgehead atoms. The summed E-state index contributed by atoms with van der Waals surface area (Å²) in [6.45, 7) is 17.3. The highest BCUT2D eigenvalue weighted by Crippen LogP contribution is 2.32. The van der Waals surface area contributed by atoms with Crippen molar-refractivity contribution in [3.8, 4) is 0 Å². The highest BCUT2D eigenvalue weighted by Gasteiger charge is 2.44. The first-order chi connectivity index (χ1) is 52.2. The number of alkyl halides is 3. The molecule has 6 atom stereocenters. The van der Waals surface area contributed by atoms with Gasteiger partial charge in [0.05, 0.1) is 64.4 Å². The van der Waals surface area contributed by atoms with Crippen molar-refractivity contribution in [1.82, 2.24) is 44.1 Å². The smallest absolute Gasteiger partial charge is 0.300 e. The minimum absolute atomic E-state index is 0.0933. The van der Waals surface area contributed by atoms with Crippen LogP contribution in [0.3, 0.4) is 0 Å². The normalized spacial score (nSPS) is 25.7. The summed E-state index contributed by atoms with van der Waals surface area (Å²) in [5.41, 5.74) is 21.1. The Kier molecular flexibility index (Phi) is 31.5. The van der Waals surface area contributed by atoms with E-state index < -0.39 is 42.5 Å². The van der Waals surface area contributed by atoms with Crippen molar-refractivity contribution in [2.75, 3.05) is 131 Å². The van der Waals surface area contributed by atoms with Crippen LogP contribution in [0.1, 0.15) is 95.2 Å². The number of rotatable bonds is 14. The lowest BCUT2D eigenvalue weighted by Gasteiger charge is -2.48. The number of nitrogens with two attached hydrogens (primary N) is 3. The second-order valence-electron chi connectivity index (χ2n) is 29.8. The molecule has 0 unspecified atom stereocenters. The molecule has 3 aromatic carbocycles. The van der Waals surface area contributed by atoms with Crippen LogP contribution < -0.4 is 17.2 Å². The summed E-state index contributed by atoms with van der Waals surface area (Å²) in [6.07, 6.45) is 8.38. The summed E-state index contributed by atoms with van der Waals surface area (Å²) in [5, 5.41) is 49.2. The zero-order chi connectivity index (χ0) is 77.8. The Balaban J connectivity index is 0.000000162.